The van der Waals surface area contributed by atoms with Crippen molar-refractivity contribution in [1.29, 1.82) is 5.26 Å². The molecule has 16 rings (SSSR count). The fourth-order valence-electron chi connectivity index (χ4n) is 12.7. The number of amides is 4. The Morgan fingerprint density at radius 3 is 1.38 bits per heavy atom. The third-order valence-corrected chi connectivity index (χ3v) is 19.1. The summed E-state index contributed by atoms with van der Waals surface area (Å²) in [6.07, 6.45) is -1.65. The molecule has 103 heavy (non-hydrogen) atoms. The van der Waals surface area contributed by atoms with Crippen LogP contribution in [0.3, 0.4) is 0 Å². The molecule has 6 aliphatic heterocycles. The zero-order valence-corrected chi connectivity index (χ0v) is 55.3. The average Bonchev–Trinajstić information content (AvgIpc) is 1.58. The van der Waals surface area contributed by atoms with Gasteiger partial charge < -0.3 is 80.0 Å². The number of aliphatic hydroxyl groups excluding tert-OH is 4. The van der Waals surface area contributed by atoms with Crippen molar-refractivity contribution < 1.29 is 77.1 Å². The first-order chi connectivity index (χ1) is 50.0. The Hall–Kier alpha value is -10.9. The monoisotopic (exact) mass is 1420 g/mol. The smallest absolute Gasteiger partial charge is 0.310 e. The number of nitriles is 1. The summed E-state index contributed by atoms with van der Waals surface area (Å²) >= 11 is 0. The largest absolute Gasteiger partial charge is 0.393 e. The van der Waals surface area contributed by atoms with E-state index in [1.54, 1.807) is 124 Å². The van der Waals surface area contributed by atoms with E-state index in [4.69, 9.17) is 54.2 Å². The van der Waals surface area contributed by atoms with Crippen molar-refractivity contribution in [3.63, 3.8) is 0 Å². The van der Waals surface area contributed by atoms with Crippen LogP contribution in [0.4, 0.5) is 35.3 Å². The molecule has 37 heteroatoms. The molecule has 6 aromatic heterocycles. The van der Waals surface area contributed by atoms with Crippen LogP contribution in [0.5, 0.6) is 0 Å². The summed E-state index contributed by atoms with van der Waals surface area (Å²) in [6, 6.07) is 36.4. The van der Waals surface area contributed by atoms with E-state index in [0.717, 1.165) is 0 Å². The molecule has 6 fully saturated rings. The fourth-order valence-corrected chi connectivity index (χ4v) is 13.6. The summed E-state index contributed by atoms with van der Waals surface area (Å²) in [7, 11) is -1.76. The van der Waals surface area contributed by atoms with E-state index in [9.17, 15) is 39.6 Å². The molecule has 0 saturated carbocycles. The molecule has 530 valence electrons. The van der Waals surface area contributed by atoms with Gasteiger partial charge in [0.25, 0.3) is 23.6 Å². The number of ether oxygens (including phenoxy) is 6. The van der Waals surface area contributed by atoms with Gasteiger partial charge in [-0.1, -0.05) is 79.7 Å². The van der Waals surface area contributed by atoms with Gasteiger partial charge in [-0.2, -0.15) is 35.2 Å². The predicted octanol–water partition coefficient (Wildman–Crippen LogP) is 4.01. The highest BCUT2D eigenvalue weighted by Crippen LogP contribution is 2.55. The fraction of sp³-hybridized carbons (Fsp3) is 0.318. The van der Waals surface area contributed by atoms with Gasteiger partial charge in [0.2, 0.25) is 17.8 Å². The highest BCUT2D eigenvalue weighted by Gasteiger charge is 2.65. The number of aliphatic hydroxyl groups is 4. The molecule has 4 amide bonds. The Morgan fingerprint density at radius 2 is 0.971 bits per heavy atom. The minimum atomic E-state index is -1.76. The van der Waals surface area contributed by atoms with Crippen LogP contribution in [0, 0.1) is 11.3 Å². The van der Waals surface area contributed by atoms with Gasteiger partial charge in [-0.3, -0.25) is 43.5 Å². The van der Waals surface area contributed by atoms with Crippen molar-refractivity contribution in [1.82, 2.24) is 58.6 Å². The average molecular weight is 1430 g/mol. The molecule has 6 aliphatic rings. The first-order valence-corrected chi connectivity index (χ1v) is 33.2. The van der Waals surface area contributed by atoms with Crippen LogP contribution in [-0.2, 0) is 37.5 Å². The Morgan fingerprint density at radius 1 is 0.583 bits per heavy atom. The van der Waals surface area contributed by atoms with Crippen LogP contribution in [0.2, 0.25) is 0 Å². The summed E-state index contributed by atoms with van der Waals surface area (Å²) in [5, 5.41) is 59.9. The summed E-state index contributed by atoms with van der Waals surface area (Å²) < 4.78 is 56.4. The third-order valence-electron chi connectivity index (χ3n) is 18.0. The van der Waals surface area contributed by atoms with Crippen molar-refractivity contribution in [2.24, 2.45) is 4.76 Å². The zero-order valence-electron chi connectivity index (χ0n) is 54.4. The molecule has 12 N–H and O–H groups in total. The number of nitrogens with zero attached hydrogens (tertiary/aromatic N) is 14. The molecule has 6 bridgehead atoms. The van der Waals surface area contributed by atoms with Crippen LogP contribution in [-0.4, -0.2) is 202 Å². The Bertz CT molecular complexity index is 4870. The topological polar surface area (TPSA) is 490 Å². The quantitative estimate of drug-likeness (QED) is 0.0293. The van der Waals surface area contributed by atoms with E-state index in [-0.39, 0.29) is 97.1 Å². The van der Waals surface area contributed by atoms with Crippen molar-refractivity contribution in [3.05, 3.63) is 163 Å². The minimum absolute atomic E-state index is 0.0169. The first kappa shape index (κ1) is 69.2. The minimum Gasteiger partial charge on any atom is -0.393 e. The number of benzene rings is 4. The van der Waals surface area contributed by atoms with Gasteiger partial charge in [0.15, 0.2) is 64.1 Å². The number of nitrogen functional groups attached to an aromatic ring is 2. The van der Waals surface area contributed by atoms with Gasteiger partial charge in [0, 0.05) is 22.3 Å². The van der Waals surface area contributed by atoms with Gasteiger partial charge in [-0.05, 0) is 61.7 Å². The van der Waals surface area contributed by atoms with E-state index >= 15 is 0 Å². The lowest BCUT2D eigenvalue weighted by Gasteiger charge is -2.30. The molecule has 36 nitrogen and oxygen atoms in total. The van der Waals surface area contributed by atoms with Crippen LogP contribution >= 0.6 is 8.53 Å². The summed E-state index contributed by atoms with van der Waals surface area (Å²) in [6.45, 7) is 5.40. The highest BCUT2D eigenvalue weighted by atomic mass is 31.2. The lowest BCUT2D eigenvalue weighted by molar-refractivity contribution is -0.185. The SMILES string of the molecule is C=NP(OCCC#N)OC1[C@@H]2OC[C@]1(CC)O[C@H]2n1cnc2c(NC(=O)c3ccccc3)nc(NC(=O)c3ccccc3)nc21.Nc1nc(N)c2ncn([C@@H]3O[C@@]4(CO)CO[C@H]3C4O)c2n1.O=C(Nc1nc(NC(=O)c2ccccc2)c2ncn([C@@H]3O[C@@]4(CO)CO[C@H]3C4O)c2n1)c1ccccc1. The maximum atomic E-state index is 13.1. The van der Waals surface area contributed by atoms with E-state index in [1.165, 1.54) is 23.5 Å². The first-order valence-electron chi connectivity index (χ1n) is 32.1. The molecule has 13 atom stereocenters. The number of fused-ring (bicyclic) bond motifs is 9. The number of nitrogens with one attached hydrogen (secondary N) is 4. The lowest BCUT2D eigenvalue weighted by Crippen LogP contribution is -2.44. The number of carbonyl (C=O) groups excluding carboxylic acids is 4. The van der Waals surface area contributed by atoms with E-state index < -0.39 is 111 Å². The number of anilines is 6. The second-order valence-corrected chi connectivity index (χ2v) is 25.5. The maximum Gasteiger partial charge on any atom is 0.310 e. The number of hydrogen-bond acceptors (Lipinski definition) is 29. The van der Waals surface area contributed by atoms with Crippen LogP contribution in [0.25, 0.3) is 33.5 Å². The molecular weight excluding hydrogens is 1360 g/mol. The third kappa shape index (κ3) is 13.1. The van der Waals surface area contributed by atoms with Crippen molar-refractivity contribution in [3.8, 4) is 6.07 Å². The van der Waals surface area contributed by atoms with Gasteiger partial charge in [0.1, 0.15) is 58.9 Å². The summed E-state index contributed by atoms with van der Waals surface area (Å²) in [5.74, 6) is -1.48. The summed E-state index contributed by atoms with van der Waals surface area (Å²) in [5.41, 5.74) is 11.6. The molecule has 0 aliphatic carbocycles. The van der Waals surface area contributed by atoms with Crippen molar-refractivity contribution in [2.45, 2.75) is 91.9 Å². The Balaban J connectivity index is 0.000000139. The zero-order chi connectivity index (χ0) is 71.7. The van der Waals surface area contributed by atoms with Gasteiger partial charge in [-0.25, -0.2) is 19.7 Å². The van der Waals surface area contributed by atoms with E-state index in [0.29, 0.717) is 39.8 Å². The number of rotatable bonds is 20. The van der Waals surface area contributed by atoms with Crippen LogP contribution < -0.4 is 32.7 Å². The van der Waals surface area contributed by atoms with Gasteiger partial charge >= 0.3 is 8.53 Å². The standard InChI is InChI=1S/C30H29N8O6P.C25H22N6O6.C11H14N6O4/c1-3-30-17-41-22(23(30)44-45(32-2)42-16-10-15-31)28(43-30)38-18-33-21-24(34-26(39)19-11-6-4-7-12-19)35-29(36-25(21)38)37-27(40)20-13-8-5-9-14-20;32-11-25-12-36-17(18(25)33)23(37-25)31-13-26-16-19(27-21(34)14-7-3-1-4-8-14)28-24(29-20(16)31)30-22(35)15-9-5-2-6-10-15;12-7-4-8(16-10(13)15-7)17(3-14-4)9-5-6(19)11(1-18,21-9)2-20-5/h4-9,11-14,18,22-23,28H,2-3,10,16-17H2,1H3,(H2,34,35,36,37,39,40);1-10,13,17-18,23,32-33H,11-12H2,(H2,27,28,29,30,34,35);3,5-6,9,18-19H,1-2H2,(H4,12,13,15,16)/t22-,23?,28+,30-,45?;17-,18?,23+,25-;5-,6?,9+,11-/m000/s1. The molecule has 0 spiro atoms. The summed E-state index contributed by atoms with van der Waals surface area (Å²) in [4.78, 5) is 90.8. The van der Waals surface area contributed by atoms with Crippen LogP contribution in [0.15, 0.2) is 145 Å². The molecule has 6 saturated heterocycles. The second kappa shape index (κ2) is 28.9. The number of imidazole rings is 3. The van der Waals surface area contributed by atoms with Crippen LogP contribution in [0.1, 0.15) is 79.9 Å². The lowest BCUT2D eigenvalue weighted by atomic mass is 9.96. The second-order valence-electron chi connectivity index (χ2n) is 24.3. The predicted molar refractivity (Wildman–Crippen MR) is 364 cm³/mol. The van der Waals surface area contributed by atoms with E-state index in [2.05, 4.69) is 77.6 Å². The Kier molecular flexibility index (Phi) is 19.4. The number of carbonyl (C=O) groups is 4. The van der Waals surface area contributed by atoms with Crippen molar-refractivity contribution >= 4 is 108 Å². The molecule has 0 radical (unpaired) electrons. The number of aromatic nitrogens is 12. The normalized spacial score (nSPS) is 25.7. The molecular formula is C66H65N20O16P. The maximum absolute atomic E-state index is 13.1. The molecule has 4 unspecified atom stereocenters. The van der Waals surface area contributed by atoms with Gasteiger partial charge in [-0.15, -0.1) is 0 Å². The van der Waals surface area contributed by atoms with Gasteiger partial charge in [0.05, 0.1) is 71.1 Å². The number of nitrogens with two attached hydrogens (primary N) is 2. The van der Waals surface area contributed by atoms with E-state index in [1.807, 2.05) is 19.1 Å². The molecule has 10 aromatic rings. The number of hydrogen-bond donors (Lipinski definition) is 10. The highest BCUT2D eigenvalue weighted by molar-refractivity contribution is 7.45. The molecule has 4 aromatic carbocycles. The molecule has 12 heterocycles. The van der Waals surface area contributed by atoms with Crippen molar-refractivity contribution in [2.75, 3.05) is 72.4 Å². The Labute approximate surface area is 584 Å².